The van der Waals surface area contributed by atoms with Gasteiger partial charge in [0.15, 0.2) is 0 Å². The van der Waals surface area contributed by atoms with Crippen molar-refractivity contribution in [1.29, 1.82) is 0 Å². The van der Waals surface area contributed by atoms with Crippen molar-refractivity contribution in [1.82, 2.24) is 14.7 Å². The van der Waals surface area contributed by atoms with E-state index in [0.29, 0.717) is 6.54 Å². The van der Waals surface area contributed by atoms with Crippen LogP contribution in [0, 0.1) is 0 Å². The predicted octanol–water partition coefficient (Wildman–Crippen LogP) is 2.05. The number of carbonyl (C=O) groups excluding carboxylic acids is 1. The molecule has 0 aliphatic carbocycles. The summed E-state index contributed by atoms with van der Waals surface area (Å²) in [5.41, 5.74) is 4.09. The summed E-state index contributed by atoms with van der Waals surface area (Å²) in [6, 6.07) is 5.92. The minimum atomic E-state index is 0.0689. The van der Waals surface area contributed by atoms with Gasteiger partial charge >= 0.3 is 0 Å². The molecule has 1 aliphatic rings. The molecule has 0 spiro atoms. The predicted molar refractivity (Wildman–Crippen MR) is 82.3 cm³/mol. The van der Waals surface area contributed by atoms with E-state index in [0.717, 1.165) is 41.8 Å². The Kier molecular flexibility index (Phi) is 3.64. The Morgan fingerprint density at radius 1 is 1.48 bits per heavy atom. The van der Waals surface area contributed by atoms with Gasteiger partial charge < -0.3 is 10.2 Å². The van der Waals surface area contributed by atoms with E-state index in [1.807, 2.05) is 38.5 Å². The number of fused-ring (bicyclic) bond motifs is 1. The summed E-state index contributed by atoms with van der Waals surface area (Å²) >= 11 is 0. The van der Waals surface area contributed by atoms with E-state index in [1.165, 1.54) is 0 Å². The molecule has 0 saturated heterocycles. The molecular formula is C16H20N4O. The highest BCUT2D eigenvalue weighted by Crippen LogP contribution is 2.26. The van der Waals surface area contributed by atoms with Crippen molar-refractivity contribution in [2.24, 2.45) is 7.05 Å². The number of aryl methyl sites for hydroxylation is 1. The van der Waals surface area contributed by atoms with Crippen molar-refractivity contribution in [2.45, 2.75) is 19.4 Å². The molecule has 5 nitrogen and oxygen atoms in total. The number of anilines is 1. The fraction of sp³-hybridized carbons (Fsp3) is 0.375. The van der Waals surface area contributed by atoms with E-state index in [9.17, 15) is 4.79 Å². The van der Waals surface area contributed by atoms with Crippen LogP contribution in [0.5, 0.6) is 0 Å². The summed E-state index contributed by atoms with van der Waals surface area (Å²) in [6.07, 6.45) is 5.77. The smallest absolute Gasteiger partial charge is 0.254 e. The van der Waals surface area contributed by atoms with Gasteiger partial charge in [0.2, 0.25) is 0 Å². The molecule has 2 aromatic rings. The zero-order chi connectivity index (χ0) is 14.8. The molecule has 1 aliphatic heterocycles. The van der Waals surface area contributed by atoms with Crippen LogP contribution in [0.15, 0.2) is 30.6 Å². The average Bonchev–Trinajstić information content (AvgIpc) is 2.91. The van der Waals surface area contributed by atoms with E-state index < -0.39 is 0 Å². The first-order valence-electron chi connectivity index (χ1n) is 7.24. The largest absolute Gasteiger partial charge is 0.385 e. The first kappa shape index (κ1) is 13.7. The molecule has 1 aromatic heterocycles. The third kappa shape index (κ3) is 2.77. The molecule has 5 heteroatoms. The molecule has 0 atom stereocenters. The lowest BCUT2D eigenvalue weighted by molar-refractivity contribution is 0.0784. The minimum absolute atomic E-state index is 0.0689. The van der Waals surface area contributed by atoms with Crippen LogP contribution in [0.25, 0.3) is 0 Å². The van der Waals surface area contributed by atoms with Crippen LogP contribution in [0.3, 0.4) is 0 Å². The average molecular weight is 284 g/mol. The lowest BCUT2D eigenvalue weighted by atomic mass is 9.97. The van der Waals surface area contributed by atoms with E-state index in [2.05, 4.69) is 10.4 Å². The summed E-state index contributed by atoms with van der Waals surface area (Å²) in [4.78, 5) is 14.4. The molecule has 0 unspecified atom stereocenters. The Balaban J connectivity index is 1.81. The zero-order valence-electron chi connectivity index (χ0n) is 12.5. The van der Waals surface area contributed by atoms with Crippen LogP contribution in [-0.2, 0) is 20.0 Å². The molecule has 1 N–H and O–H groups in total. The number of benzene rings is 1. The minimum Gasteiger partial charge on any atom is -0.385 e. The zero-order valence-corrected chi connectivity index (χ0v) is 12.5. The molecular weight excluding hydrogens is 264 g/mol. The van der Waals surface area contributed by atoms with Crippen molar-refractivity contribution in [3.63, 3.8) is 0 Å². The second-order valence-electron chi connectivity index (χ2n) is 5.55. The molecule has 3 rings (SSSR count). The first-order valence-corrected chi connectivity index (χ1v) is 7.24. The molecule has 1 aromatic carbocycles. The lowest BCUT2D eigenvalue weighted by Gasteiger charge is -2.23. The maximum Gasteiger partial charge on any atom is 0.254 e. The third-order valence-corrected chi connectivity index (χ3v) is 3.85. The topological polar surface area (TPSA) is 50.2 Å². The van der Waals surface area contributed by atoms with Crippen LogP contribution >= 0.6 is 0 Å². The van der Waals surface area contributed by atoms with Gasteiger partial charge in [0, 0.05) is 50.2 Å². The van der Waals surface area contributed by atoms with Gasteiger partial charge in [0.05, 0.1) is 6.20 Å². The number of nitrogens with zero attached hydrogens (tertiary/aromatic N) is 3. The van der Waals surface area contributed by atoms with Gasteiger partial charge in [-0.1, -0.05) is 6.07 Å². The van der Waals surface area contributed by atoms with Gasteiger partial charge in [-0.2, -0.15) is 5.10 Å². The number of aromatic nitrogens is 2. The number of nitrogens with one attached hydrogen (secondary N) is 1. The summed E-state index contributed by atoms with van der Waals surface area (Å²) in [7, 11) is 3.72. The second kappa shape index (κ2) is 5.60. The van der Waals surface area contributed by atoms with Crippen LogP contribution in [0.4, 0.5) is 5.69 Å². The molecule has 1 amide bonds. The van der Waals surface area contributed by atoms with Gasteiger partial charge in [-0.05, 0) is 30.5 Å². The lowest BCUT2D eigenvalue weighted by Crippen LogP contribution is -2.28. The van der Waals surface area contributed by atoms with E-state index in [-0.39, 0.29) is 5.91 Å². The summed E-state index contributed by atoms with van der Waals surface area (Å²) in [5.74, 6) is 0.0689. The van der Waals surface area contributed by atoms with Gasteiger partial charge in [-0.15, -0.1) is 0 Å². The fourth-order valence-electron chi connectivity index (χ4n) is 2.82. The summed E-state index contributed by atoms with van der Waals surface area (Å²) in [5, 5.41) is 7.51. The van der Waals surface area contributed by atoms with Crippen molar-refractivity contribution in [2.75, 3.05) is 18.9 Å². The SMILES string of the molecule is CN(Cc1cnn(C)c1)C(=O)c1cccc2c1CCCN2. The Morgan fingerprint density at radius 3 is 3.10 bits per heavy atom. The molecule has 0 bridgehead atoms. The van der Waals surface area contributed by atoms with Gasteiger partial charge in [-0.25, -0.2) is 0 Å². The van der Waals surface area contributed by atoms with Crippen molar-refractivity contribution in [3.8, 4) is 0 Å². The highest BCUT2D eigenvalue weighted by atomic mass is 16.2. The molecule has 0 saturated carbocycles. The molecule has 21 heavy (non-hydrogen) atoms. The molecule has 0 fully saturated rings. The Morgan fingerprint density at radius 2 is 2.33 bits per heavy atom. The number of hydrogen-bond acceptors (Lipinski definition) is 3. The second-order valence-corrected chi connectivity index (χ2v) is 5.55. The van der Waals surface area contributed by atoms with Gasteiger partial charge in [0.1, 0.15) is 0 Å². The normalized spacial score (nSPS) is 13.4. The number of hydrogen-bond donors (Lipinski definition) is 1. The molecule has 2 heterocycles. The first-order chi connectivity index (χ1) is 10.1. The molecule has 110 valence electrons. The molecule has 0 radical (unpaired) electrons. The summed E-state index contributed by atoms with van der Waals surface area (Å²) < 4.78 is 1.75. The Hall–Kier alpha value is -2.30. The van der Waals surface area contributed by atoms with E-state index in [4.69, 9.17) is 0 Å². The quantitative estimate of drug-likeness (QED) is 0.938. The van der Waals surface area contributed by atoms with Crippen molar-refractivity contribution in [3.05, 3.63) is 47.3 Å². The van der Waals surface area contributed by atoms with Crippen molar-refractivity contribution < 1.29 is 4.79 Å². The maximum atomic E-state index is 12.7. The van der Waals surface area contributed by atoms with Crippen LogP contribution in [0.2, 0.25) is 0 Å². The van der Waals surface area contributed by atoms with Gasteiger partial charge in [0.25, 0.3) is 5.91 Å². The van der Waals surface area contributed by atoms with Crippen molar-refractivity contribution >= 4 is 11.6 Å². The van der Waals surface area contributed by atoms with Gasteiger partial charge in [-0.3, -0.25) is 9.48 Å². The van der Waals surface area contributed by atoms with Crippen LogP contribution in [0.1, 0.15) is 27.9 Å². The fourth-order valence-corrected chi connectivity index (χ4v) is 2.82. The highest BCUT2D eigenvalue weighted by molar-refractivity contribution is 5.97. The Labute approximate surface area is 124 Å². The number of amides is 1. The standard InChI is InChI=1S/C16H20N4O/c1-19(10-12-9-18-20(2)11-12)16(21)14-5-3-7-15-13(14)6-4-8-17-15/h3,5,7,9,11,17H,4,6,8,10H2,1-2H3. The summed E-state index contributed by atoms with van der Waals surface area (Å²) in [6.45, 7) is 1.56. The monoisotopic (exact) mass is 284 g/mol. The maximum absolute atomic E-state index is 12.7. The van der Waals surface area contributed by atoms with E-state index >= 15 is 0 Å². The highest BCUT2D eigenvalue weighted by Gasteiger charge is 2.20. The van der Waals surface area contributed by atoms with Crippen LogP contribution in [-0.4, -0.2) is 34.2 Å². The Bertz CT molecular complexity index is 662. The number of carbonyl (C=O) groups is 1. The van der Waals surface area contributed by atoms with Crippen LogP contribution < -0.4 is 5.32 Å². The number of rotatable bonds is 3. The third-order valence-electron chi connectivity index (χ3n) is 3.85. The van der Waals surface area contributed by atoms with E-state index in [1.54, 1.807) is 15.8 Å².